The Hall–Kier alpha value is -2.16. The molecular formula is C21H33F3N4O2. The first kappa shape index (κ1) is 24.1. The summed E-state index contributed by atoms with van der Waals surface area (Å²) in [4.78, 5) is 6.11. The highest BCUT2D eigenvalue weighted by atomic mass is 19.4. The van der Waals surface area contributed by atoms with Crippen molar-refractivity contribution in [3.8, 4) is 11.5 Å². The van der Waals surface area contributed by atoms with E-state index in [1.165, 1.54) is 4.90 Å². The lowest BCUT2D eigenvalue weighted by atomic mass is 9.93. The van der Waals surface area contributed by atoms with Crippen LogP contribution in [0.5, 0.6) is 11.5 Å². The van der Waals surface area contributed by atoms with E-state index in [0.717, 1.165) is 43.9 Å². The van der Waals surface area contributed by atoms with Crippen LogP contribution in [-0.4, -0.2) is 64.0 Å². The SMILES string of the molecule is CCNC(=NCc1ccc(OC)c(OC)c1)NCCC1CCN(CC(F)(F)F)CC1. The van der Waals surface area contributed by atoms with Crippen molar-refractivity contribution in [2.45, 2.75) is 38.9 Å². The van der Waals surface area contributed by atoms with Crippen molar-refractivity contribution in [3.05, 3.63) is 23.8 Å². The van der Waals surface area contributed by atoms with Crippen molar-refractivity contribution in [3.63, 3.8) is 0 Å². The molecule has 1 aromatic carbocycles. The molecule has 0 amide bonds. The molecular weight excluding hydrogens is 397 g/mol. The van der Waals surface area contributed by atoms with Gasteiger partial charge in [0.05, 0.1) is 27.3 Å². The first-order valence-corrected chi connectivity index (χ1v) is 10.4. The van der Waals surface area contributed by atoms with Gasteiger partial charge in [0.15, 0.2) is 17.5 Å². The second-order valence-corrected chi connectivity index (χ2v) is 7.43. The van der Waals surface area contributed by atoms with E-state index in [0.29, 0.717) is 37.1 Å². The lowest BCUT2D eigenvalue weighted by Gasteiger charge is -2.32. The van der Waals surface area contributed by atoms with Gasteiger partial charge in [-0.3, -0.25) is 4.90 Å². The molecule has 0 spiro atoms. The number of hydrogen-bond acceptors (Lipinski definition) is 4. The van der Waals surface area contributed by atoms with Crippen LogP contribution in [0, 0.1) is 5.92 Å². The van der Waals surface area contributed by atoms with Crippen molar-refractivity contribution in [1.29, 1.82) is 0 Å². The maximum absolute atomic E-state index is 12.5. The fraction of sp³-hybridized carbons (Fsp3) is 0.667. The quantitative estimate of drug-likeness (QED) is 0.464. The Morgan fingerprint density at radius 3 is 2.43 bits per heavy atom. The number of aliphatic imine (C=N–C) groups is 1. The van der Waals surface area contributed by atoms with Crippen molar-refractivity contribution < 1.29 is 22.6 Å². The summed E-state index contributed by atoms with van der Waals surface area (Å²) in [6, 6.07) is 5.71. The van der Waals surface area contributed by atoms with E-state index in [9.17, 15) is 13.2 Å². The number of ether oxygens (including phenoxy) is 2. The van der Waals surface area contributed by atoms with Crippen LogP contribution in [0.1, 0.15) is 31.7 Å². The Bertz CT molecular complexity index is 675. The Kier molecular flexibility index (Phi) is 9.55. The van der Waals surface area contributed by atoms with Gasteiger partial charge in [-0.1, -0.05) is 6.07 Å². The zero-order valence-corrected chi connectivity index (χ0v) is 18.0. The van der Waals surface area contributed by atoms with Gasteiger partial charge in [-0.05, 0) is 62.9 Å². The van der Waals surface area contributed by atoms with Gasteiger partial charge in [-0.2, -0.15) is 13.2 Å². The molecule has 0 radical (unpaired) electrons. The van der Waals surface area contributed by atoms with E-state index < -0.39 is 12.7 Å². The van der Waals surface area contributed by atoms with E-state index >= 15 is 0 Å². The molecule has 0 bridgehead atoms. The average Bonchev–Trinajstić information content (AvgIpc) is 2.72. The van der Waals surface area contributed by atoms with Crippen molar-refractivity contribution in [2.75, 3.05) is 46.9 Å². The number of piperidine rings is 1. The molecule has 30 heavy (non-hydrogen) atoms. The van der Waals surface area contributed by atoms with Crippen LogP contribution < -0.4 is 20.1 Å². The van der Waals surface area contributed by atoms with Crippen LogP contribution in [0.25, 0.3) is 0 Å². The topological polar surface area (TPSA) is 58.1 Å². The highest BCUT2D eigenvalue weighted by molar-refractivity contribution is 5.79. The minimum Gasteiger partial charge on any atom is -0.493 e. The van der Waals surface area contributed by atoms with E-state index in [1.54, 1.807) is 14.2 Å². The molecule has 6 nitrogen and oxygen atoms in total. The van der Waals surface area contributed by atoms with Crippen LogP contribution in [0.2, 0.25) is 0 Å². The van der Waals surface area contributed by atoms with Gasteiger partial charge < -0.3 is 20.1 Å². The van der Waals surface area contributed by atoms with Crippen LogP contribution in [0.4, 0.5) is 13.2 Å². The number of hydrogen-bond donors (Lipinski definition) is 2. The summed E-state index contributed by atoms with van der Waals surface area (Å²) < 4.78 is 48.1. The van der Waals surface area contributed by atoms with Gasteiger partial charge in [0.2, 0.25) is 0 Å². The third kappa shape index (κ3) is 8.30. The zero-order chi connectivity index (χ0) is 22.0. The lowest BCUT2D eigenvalue weighted by Crippen LogP contribution is -2.41. The molecule has 1 heterocycles. The number of rotatable bonds is 9. The van der Waals surface area contributed by atoms with E-state index in [-0.39, 0.29) is 0 Å². The summed E-state index contributed by atoms with van der Waals surface area (Å²) in [7, 11) is 3.20. The zero-order valence-electron chi connectivity index (χ0n) is 18.0. The molecule has 1 aliphatic rings. The predicted molar refractivity (Wildman–Crippen MR) is 112 cm³/mol. The van der Waals surface area contributed by atoms with Gasteiger partial charge >= 0.3 is 6.18 Å². The molecule has 170 valence electrons. The number of guanidine groups is 1. The number of alkyl halides is 3. The molecule has 0 aromatic heterocycles. The molecule has 0 saturated carbocycles. The number of benzene rings is 1. The van der Waals surface area contributed by atoms with Crippen molar-refractivity contribution in [1.82, 2.24) is 15.5 Å². The summed E-state index contributed by atoms with van der Waals surface area (Å²) >= 11 is 0. The van der Waals surface area contributed by atoms with Gasteiger partial charge in [0.25, 0.3) is 0 Å². The summed E-state index contributed by atoms with van der Waals surface area (Å²) in [5, 5.41) is 6.55. The largest absolute Gasteiger partial charge is 0.493 e. The van der Waals surface area contributed by atoms with Gasteiger partial charge in [0.1, 0.15) is 0 Å². The average molecular weight is 431 g/mol. The fourth-order valence-electron chi connectivity index (χ4n) is 3.57. The first-order valence-electron chi connectivity index (χ1n) is 10.4. The number of nitrogens with one attached hydrogen (secondary N) is 2. The summed E-state index contributed by atoms with van der Waals surface area (Å²) in [6.45, 7) is 4.20. The minimum atomic E-state index is -4.11. The van der Waals surface area contributed by atoms with E-state index in [1.807, 2.05) is 25.1 Å². The highest BCUT2D eigenvalue weighted by Crippen LogP contribution is 2.28. The fourth-order valence-corrected chi connectivity index (χ4v) is 3.57. The van der Waals surface area contributed by atoms with Gasteiger partial charge in [-0.15, -0.1) is 0 Å². The second kappa shape index (κ2) is 11.9. The first-order chi connectivity index (χ1) is 14.3. The number of likely N-dealkylation sites (tertiary alicyclic amines) is 1. The highest BCUT2D eigenvalue weighted by Gasteiger charge is 2.32. The normalized spacial score (nSPS) is 16.4. The van der Waals surface area contributed by atoms with Crippen molar-refractivity contribution in [2.24, 2.45) is 10.9 Å². The molecule has 0 atom stereocenters. The molecule has 0 unspecified atom stereocenters. The Morgan fingerprint density at radius 1 is 1.13 bits per heavy atom. The molecule has 0 aliphatic carbocycles. The summed E-state index contributed by atoms with van der Waals surface area (Å²) in [5.41, 5.74) is 1.00. The monoisotopic (exact) mass is 430 g/mol. The predicted octanol–water partition coefficient (Wildman–Crippen LogP) is 3.42. The third-order valence-corrected chi connectivity index (χ3v) is 5.17. The lowest BCUT2D eigenvalue weighted by molar-refractivity contribution is -0.148. The van der Waals surface area contributed by atoms with Crippen LogP contribution >= 0.6 is 0 Å². The third-order valence-electron chi connectivity index (χ3n) is 5.17. The molecule has 1 aliphatic heterocycles. The molecule has 9 heteroatoms. The van der Waals surface area contributed by atoms with Gasteiger partial charge in [0, 0.05) is 13.1 Å². The number of halogens is 3. The smallest absolute Gasteiger partial charge is 0.401 e. The van der Waals surface area contributed by atoms with Crippen LogP contribution in [0.15, 0.2) is 23.2 Å². The van der Waals surface area contributed by atoms with Gasteiger partial charge in [-0.25, -0.2) is 4.99 Å². The maximum atomic E-state index is 12.5. The number of nitrogens with zero attached hydrogens (tertiary/aromatic N) is 2. The molecule has 2 N–H and O–H groups in total. The molecule has 1 saturated heterocycles. The maximum Gasteiger partial charge on any atom is 0.401 e. The van der Waals surface area contributed by atoms with Crippen LogP contribution in [-0.2, 0) is 6.54 Å². The van der Waals surface area contributed by atoms with E-state index in [4.69, 9.17) is 9.47 Å². The second-order valence-electron chi connectivity index (χ2n) is 7.43. The van der Waals surface area contributed by atoms with Crippen molar-refractivity contribution >= 4 is 5.96 Å². The Morgan fingerprint density at radius 2 is 1.83 bits per heavy atom. The Balaban J connectivity index is 1.79. The number of methoxy groups -OCH3 is 2. The summed E-state index contributed by atoms with van der Waals surface area (Å²) in [6.07, 6.45) is -1.59. The molecule has 1 fully saturated rings. The molecule has 1 aromatic rings. The van der Waals surface area contributed by atoms with E-state index in [2.05, 4.69) is 15.6 Å². The standard InChI is InChI=1S/C21H33F3N4O2/c1-4-25-20(27-14-17-5-6-18(29-2)19(13-17)30-3)26-10-7-16-8-11-28(12-9-16)15-21(22,23)24/h5-6,13,16H,4,7-12,14-15H2,1-3H3,(H2,25,26,27). The summed E-state index contributed by atoms with van der Waals surface area (Å²) in [5.74, 6) is 2.51. The van der Waals surface area contributed by atoms with Crippen LogP contribution in [0.3, 0.4) is 0 Å². The molecule has 2 rings (SSSR count). The Labute approximate surface area is 176 Å². The minimum absolute atomic E-state index is 0.440.